The molecular formula is C20H23NO3S. The van der Waals surface area contributed by atoms with E-state index in [1.807, 2.05) is 69.3 Å². The molecule has 0 heterocycles. The molecule has 0 saturated heterocycles. The van der Waals surface area contributed by atoms with Crippen molar-refractivity contribution in [1.29, 1.82) is 0 Å². The largest absolute Gasteiger partial charge is 0.455 e. The monoisotopic (exact) mass is 357 g/mol. The topological polar surface area (TPSA) is 55.4 Å². The van der Waals surface area contributed by atoms with E-state index in [1.165, 1.54) is 11.8 Å². The lowest BCUT2D eigenvalue weighted by molar-refractivity contribution is -0.146. The fourth-order valence-corrected chi connectivity index (χ4v) is 3.22. The molecule has 2 aromatic carbocycles. The van der Waals surface area contributed by atoms with E-state index >= 15 is 0 Å². The van der Waals surface area contributed by atoms with E-state index in [2.05, 4.69) is 5.32 Å². The number of carbonyl (C=O) groups excluding carboxylic acids is 2. The van der Waals surface area contributed by atoms with Gasteiger partial charge in [-0.15, -0.1) is 11.8 Å². The van der Waals surface area contributed by atoms with E-state index < -0.39 is 5.97 Å². The smallest absolute Gasteiger partial charge is 0.316 e. The second-order valence-corrected chi connectivity index (χ2v) is 6.94. The van der Waals surface area contributed by atoms with Crippen molar-refractivity contribution >= 4 is 23.6 Å². The Morgan fingerprint density at radius 2 is 1.84 bits per heavy atom. The Morgan fingerprint density at radius 3 is 2.56 bits per heavy atom. The molecule has 0 aliphatic heterocycles. The Balaban J connectivity index is 1.74. The lowest BCUT2D eigenvalue weighted by Gasteiger charge is -2.14. The average Bonchev–Trinajstić information content (AvgIpc) is 2.61. The molecule has 2 aromatic rings. The van der Waals surface area contributed by atoms with Crippen molar-refractivity contribution in [2.24, 2.45) is 0 Å². The van der Waals surface area contributed by atoms with Gasteiger partial charge < -0.3 is 10.1 Å². The average molecular weight is 357 g/mol. The standard InChI is InChI=1S/C20H23NO3S/c1-14-9-10-15(2)18(11-14)25-13-20(23)24-12-19(22)21-16(3)17-7-5-4-6-8-17/h4-11,16H,12-13H2,1-3H3,(H,21,22)/t16-/m0/s1. The molecular weight excluding hydrogens is 334 g/mol. The highest BCUT2D eigenvalue weighted by Gasteiger charge is 2.12. The molecule has 1 atom stereocenters. The maximum absolute atomic E-state index is 11.9. The number of esters is 1. The van der Waals surface area contributed by atoms with Gasteiger partial charge in [0.1, 0.15) is 0 Å². The maximum atomic E-state index is 11.9. The van der Waals surface area contributed by atoms with Crippen molar-refractivity contribution in [3.05, 3.63) is 65.2 Å². The summed E-state index contributed by atoms with van der Waals surface area (Å²) in [4.78, 5) is 24.8. The summed E-state index contributed by atoms with van der Waals surface area (Å²) in [5.74, 6) is -0.513. The summed E-state index contributed by atoms with van der Waals surface area (Å²) in [5, 5.41) is 2.82. The zero-order valence-corrected chi connectivity index (χ0v) is 15.6. The molecule has 0 aromatic heterocycles. The number of aryl methyl sites for hydroxylation is 2. The van der Waals surface area contributed by atoms with Crippen LogP contribution in [0, 0.1) is 13.8 Å². The Kier molecular flexibility index (Phi) is 7.07. The van der Waals surface area contributed by atoms with Gasteiger partial charge in [0.25, 0.3) is 5.91 Å². The fourth-order valence-electron chi connectivity index (χ4n) is 2.30. The van der Waals surface area contributed by atoms with Gasteiger partial charge in [-0.1, -0.05) is 48.0 Å². The Bertz CT molecular complexity index is 731. The van der Waals surface area contributed by atoms with Crippen LogP contribution >= 0.6 is 11.8 Å². The summed E-state index contributed by atoms with van der Waals surface area (Å²) in [6.45, 7) is 5.65. The van der Waals surface area contributed by atoms with Crippen molar-refractivity contribution in [1.82, 2.24) is 5.32 Å². The van der Waals surface area contributed by atoms with Gasteiger partial charge in [0.2, 0.25) is 0 Å². The minimum absolute atomic E-state index is 0.128. The van der Waals surface area contributed by atoms with Gasteiger partial charge in [0.05, 0.1) is 11.8 Å². The third-order valence-corrected chi connectivity index (χ3v) is 4.86. The Hall–Kier alpha value is -2.27. The number of carbonyl (C=O) groups is 2. The molecule has 132 valence electrons. The zero-order valence-electron chi connectivity index (χ0n) is 14.7. The summed E-state index contributed by atoms with van der Waals surface area (Å²) in [7, 11) is 0. The highest BCUT2D eigenvalue weighted by molar-refractivity contribution is 8.00. The van der Waals surface area contributed by atoms with Gasteiger partial charge in [0.15, 0.2) is 6.61 Å². The van der Waals surface area contributed by atoms with Crippen LogP contribution in [0.15, 0.2) is 53.4 Å². The zero-order chi connectivity index (χ0) is 18.2. The first-order valence-electron chi connectivity index (χ1n) is 8.15. The minimum Gasteiger partial charge on any atom is -0.455 e. The van der Waals surface area contributed by atoms with Crippen molar-refractivity contribution in [3.8, 4) is 0 Å². The van der Waals surface area contributed by atoms with Crippen LogP contribution in [0.4, 0.5) is 0 Å². The van der Waals surface area contributed by atoms with E-state index in [0.717, 1.165) is 21.6 Å². The normalized spacial score (nSPS) is 11.6. The second kappa shape index (κ2) is 9.28. The molecule has 0 aliphatic rings. The van der Waals surface area contributed by atoms with E-state index in [1.54, 1.807) is 0 Å². The molecule has 1 amide bonds. The van der Waals surface area contributed by atoms with E-state index in [9.17, 15) is 9.59 Å². The van der Waals surface area contributed by atoms with Gasteiger partial charge in [-0.2, -0.15) is 0 Å². The molecule has 0 unspecified atom stereocenters. The van der Waals surface area contributed by atoms with Crippen LogP contribution in [0.1, 0.15) is 29.7 Å². The molecule has 0 spiro atoms. The third-order valence-electron chi connectivity index (χ3n) is 3.73. The van der Waals surface area contributed by atoms with Crippen LogP contribution in [0.25, 0.3) is 0 Å². The molecule has 2 rings (SSSR count). The second-order valence-electron chi connectivity index (χ2n) is 5.92. The molecule has 0 saturated carbocycles. The molecule has 1 N–H and O–H groups in total. The summed E-state index contributed by atoms with van der Waals surface area (Å²) < 4.78 is 5.06. The first kappa shape index (κ1) is 19.1. The highest BCUT2D eigenvalue weighted by Crippen LogP contribution is 2.23. The molecule has 25 heavy (non-hydrogen) atoms. The summed E-state index contributed by atoms with van der Waals surface area (Å²) in [6, 6.07) is 15.6. The van der Waals surface area contributed by atoms with Gasteiger partial charge in [0, 0.05) is 4.90 Å². The van der Waals surface area contributed by atoms with Crippen LogP contribution < -0.4 is 5.32 Å². The Morgan fingerprint density at radius 1 is 1.12 bits per heavy atom. The fraction of sp³-hybridized carbons (Fsp3) is 0.300. The number of rotatable bonds is 7. The third kappa shape index (κ3) is 6.27. The lowest BCUT2D eigenvalue weighted by atomic mass is 10.1. The first-order valence-corrected chi connectivity index (χ1v) is 9.14. The van der Waals surface area contributed by atoms with Crippen LogP contribution in [0.5, 0.6) is 0 Å². The van der Waals surface area contributed by atoms with Crippen molar-refractivity contribution in [3.63, 3.8) is 0 Å². The molecule has 0 bridgehead atoms. The number of nitrogens with one attached hydrogen (secondary N) is 1. The minimum atomic E-state index is -0.395. The molecule has 5 heteroatoms. The highest BCUT2D eigenvalue weighted by atomic mass is 32.2. The maximum Gasteiger partial charge on any atom is 0.316 e. The number of hydrogen-bond donors (Lipinski definition) is 1. The number of hydrogen-bond acceptors (Lipinski definition) is 4. The van der Waals surface area contributed by atoms with Crippen LogP contribution in [0.2, 0.25) is 0 Å². The molecule has 0 aliphatic carbocycles. The Labute approximate surface area is 153 Å². The molecule has 0 fully saturated rings. The van der Waals surface area contributed by atoms with Gasteiger partial charge >= 0.3 is 5.97 Å². The van der Waals surface area contributed by atoms with Gasteiger partial charge in [-0.25, -0.2) is 0 Å². The van der Waals surface area contributed by atoms with Crippen LogP contribution in [0.3, 0.4) is 0 Å². The SMILES string of the molecule is Cc1ccc(C)c(SCC(=O)OCC(=O)N[C@@H](C)c2ccccc2)c1. The predicted octanol–water partition coefficient (Wildman–Crippen LogP) is 3.82. The van der Waals surface area contributed by atoms with Crippen LogP contribution in [-0.2, 0) is 14.3 Å². The number of thioether (sulfide) groups is 1. The molecule has 0 radical (unpaired) electrons. The van der Waals surface area contributed by atoms with Crippen molar-refractivity contribution < 1.29 is 14.3 Å². The van der Waals surface area contributed by atoms with E-state index in [-0.39, 0.29) is 24.3 Å². The van der Waals surface area contributed by atoms with Crippen molar-refractivity contribution in [2.75, 3.05) is 12.4 Å². The predicted molar refractivity (Wildman–Crippen MR) is 101 cm³/mol. The van der Waals surface area contributed by atoms with Crippen LogP contribution in [-0.4, -0.2) is 24.2 Å². The number of amides is 1. The van der Waals surface area contributed by atoms with Gasteiger partial charge in [-0.05, 0) is 38.0 Å². The first-order chi connectivity index (χ1) is 12.0. The number of ether oxygens (including phenoxy) is 1. The van der Waals surface area contributed by atoms with E-state index in [0.29, 0.717) is 0 Å². The van der Waals surface area contributed by atoms with Gasteiger partial charge in [-0.3, -0.25) is 9.59 Å². The number of benzene rings is 2. The van der Waals surface area contributed by atoms with Crippen molar-refractivity contribution in [2.45, 2.75) is 31.7 Å². The molecule has 4 nitrogen and oxygen atoms in total. The summed E-state index contributed by atoms with van der Waals surface area (Å²) >= 11 is 1.43. The summed E-state index contributed by atoms with van der Waals surface area (Å²) in [5.41, 5.74) is 3.28. The quantitative estimate of drug-likeness (QED) is 0.605. The van der Waals surface area contributed by atoms with E-state index in [4.69, 9.17) is 4.74 Å². The summed E-state index contributed by atoms with van der Waals surface area (Å²) in [6.07, 6.45) is 0. The lowest BCUT2D eigenvalue weighted by Crippen LogP contribution is -2.31.